The van der Waals surface area contributed by atoms with E-state index in [2.05, 4.69) is 0 Å². The van der Waals surface area contributed by atoms with Crippen LogP contribution in [0.15, 0.2) is 24.3 Å². The monoisotopic (exact) mass is 264 g/mol. The first-order valence-electron chi connectivity index (χ1n) is 6.68. The highest BCUT2D eigenvalue weighted by molar-refractivity contribution is 5.81. The summed E-state index contributed by atoms with van der Waals surface area (Å²) in [6, 6.07) is 7.30. The number of rotatable bonds is 6. The van der Waals surface area contributed by atoms with Gasteiger partial charge in [0.05, 0.1) is 12.6 Å². The molecule has 1 unspecified atom stereocenters. The van der Waals surface area contributed by atoms with Gasteiger partial charge in [-0.15, -0.1) is 0 Å². The van der Waals surface area contributed by atoms with Crippen molar-refractivity contribution in [2.45, 2.75) is 33.4 Å². The van der Waals surface area contributed by atoms with Gasteiger partial charge in [0.2, 0.25) is 5.91 Å². The number of nitrogens with two attached hydrogens (primary N) is 1. The number of carbonyl (C=O) groups is 1. The van der Waals surface area contributed by atoms with Gasteiger partial charge in [-0.1, -0.05) is 32.0 Å². The summed E-state index contributed by atoms with van der Waals surface area (Å²) in [6.45, 7) is 6.96. The van der Waals surface area contributed by atoms with E-state index in [1.807, 2.05) is 45.0 Å². The van der Waals surface area contributed by atoms with E-state index in [-0.39, 0.29) is 11.8 Å². The van der Waals surface area contributed by atoms with Gasteiger partial charge in [0.25, 0.3) is 0 Å². The van der Waals surface area contributed by atoms with E-state index in [4.69, 9.17) is 10.5 Å². The van der Waals surface area contributed by atoms with Crippen LogP contribution in [0.1, 0.15) is 26.3 Å². The van der Waals surface area contributed by atoms with Crippen molar-refractivity contribution in [2.24, 2.45) is 11.7 Å². The fourth-order valence-electron chi connectivity index (χ4n) is 1.80. The predicted octanol–water partition coefficient (Wildman–Crippen LogP) is 2.03. The van der Waals surface area contributed by atoms with Crippen molar-refractivity contribution in [3.63, 3.8) is 0 Å². The lowest BCUT2D eigenvalue weighted by Crippen LogP contribution is -2.44. The fraction of sp³-hybridized carbons (Fsp3) is 0.533. The summed E-state index contributed by atoms with van der Waals surface area (Å²) in [5.74, 6) is 0.918. The topological polar surface area (TPSA) is 55.6 Å². The number of likely N-dealkylation sites (N-methyl/N-ethyl adjacent to an activating group) is 1. The minimum atomic E-state index is -0.454. The third kappa shape index (κ3) is 4.24. The van der Waals surface area contributed by atoms with Gasteiger partial charge in [-0.2, -0.15) is 0 Å². The maximum Gasteiger partial charge on any atom is 0.239 e. The number of para-hydroxylation sites is 1. The van der Waals surface area contributed by atoms with Crippen LogP contribution in [0, 0.1) is 5.92 Å². The second-order valence-corrected chi connectivity index (χ2v) is 5.00. The Morgan fingerprint density at radius 2 is 2.00 bits per heavy atom. The van der Waals surface area contributed by atoms with E-state index in [0.29, 0.717) is 13.2 Å². The smallest absolute Gasteiger partial charge is 0.239 e. The third-order valence-corrected chi connectivity index (χ3v) is 3.06. The van der Waals surface area contributed by atoms with Gasteiger partial charge in [-0.05, 0) is 18.9 Å². The number of hydrogen-bond donors (Lipinski definition) is 1. The number of nitrogens with zero attached hydrogens (tertiary/aromatic N) is 1. The average molecular weight is 264 g/mol. The zero-order chi connectivity index (χ0) is 14.4. The molecule has 0 aliphatic rings. The molecule has 1 amide bonds. The number of amides is 1. The van der Waals surface area contributed by atoms with Crippen LogP contribution in [-0.4, -0.2) is 30.5 Å². The summed E-state index contributed by atoms with van der Waals surface area (Å²) in [5.41, 5.74) is 6.89. The van der Waals surface area contributed by atoms with Crippen molar-refractivity contribution >= 4 is 5.91 Å². The molecule has 0 spiro atoms. The number of carbonyl (C=O) groups excluding carboxylic acids is 1. The minimum Gasteiger partial charge on any atom is -0.494 e. The van der Waals surface area contributed by atoms with E-state index in [0.717, 1.165) is 11.3 Å². The standard InChI is InChI=1S/C15H24N2O2/c1-5-19-13-9-7-6-8-12(13)10-17(4)15(18)14(16)11(2)3/h6-9,11,14H,5,10,16H2,1-4H3. The van der Waals surface area contributed by atoms with Crippen molar-refractivity contribution in [1.29, 1.82) is 0 Å². The fourth-order valence-corrected chi connectivity index (χ4v) is 1.80. The highest BCUT2D eigenvalue weighted by atomic mass is 16.5. The summed E-state index contributed by atoms with van der Waals surface area (Å²) in [5, 5.41) is 0. The first-order chi connectivity index (χ1) is 8.97. The molecule has 1 aromatic rings. The van der Waals surface area contributed by atoms with Crippen LogP contribution in [-0.2, 0) is 11.3 Å². The Morgan fingerprint density at radius 1 is 1.37 bits per heavy atom. The van der Waals surface area contributed by atoms with Crippen LogP contribution in [0.25, 0.3) is 0 Å². The molecule has 0 radical (unpaired) electrons. The molecule has 106 valence electrons. The van der Waals surface area contributed by atoms with Gasteiger partial charge in [0.15, 0.2) is 0 Å². The first-order valence-corrected chi connectivity index (χ1v) is 6.68. The van der Waals surface area contributed by atoms with Crippen LogP contribution in [0.2, 0.25) is 0 Å². The number of benzene rings is 1. The Bertz CT molecular complexity index is 418. The van der Waals surface area contributed by atoms with Gasteiger partial charge in [0.1, 0.15) is 5.75 Å². The highest BCUT2D eigenvalue weighted by Gasteiger charge is 2.21. The molecule has 0 bridgehead atoms. The molecule has 0 heterocycles. The van der Waals surface area contributed by atoms with Crippen LogP contribution in [0.5, 0.6) is 5.75 Å². The molecular formula is C15H24N2O2. The van der Waals surface area contributed by atoms with Gasteiger partial charge in [0, 0.05) is 19.2 Å². The molecule has 0 saturated carbocycles. The summed E-state index contributed by atoms with van der Waals surface area (Å²) in [6.07, 6.45) is 0. The maximum atomic E-state index is 12.1. The Hall–Kier alpha value is -1.55. The van der Waals surface area contributed by atoms with E-state index in [9.17, 15) is 4.79 Å². The summed E-state index contributed by atoms with van der Waals surface area (Å²) in [4.78, 5) is 13.8. The molecule has 1 atom stereocenters. The zero-order valence-electron chi connectivity index (χ0n) is 12.2. The molecule has 2 N–H and O–H groups in total. The third-order valence-electron chi connectivity index (χ3n) is 3.06. The van der Waals surface area contributed by atoms with E-state index >= 15 is 0 Å². The summed E-state index contributed by atoms with van der Waals surface area (Å²) >= 11 is 0. The minimum absolute atomic E-state index is 0.0405. The Labute approximate surface area is 115 Å². The molecule has 1 rings (SSSR count). The predicted molar refractivity (Wildman–Crippen MR) is 76.9 cm³/mol. The number of ether oxygens (including phenoxy) is 1. The molecule has 0 aliphatic heterocycles. The van der Waals surface area contributed by atoms with Crippen molar-refractivity contribution in [1.82, 2.24) is 4.90 Å². The van der Waals surface area contributed by atoms with E-state index in [1.165, 1.54) is 0 Å². The molecule has 4 nitrogen and oxygen atoms in total. The zero-order valence-corrected chi connectivity index (χ0v) is 12.2. The van der Waals surface area contributed by atoms with Gasteiger partial charge >= 0.3 is 0 Å². The lowest BCUT2D eigenvalue weighted by atomic mass is 10.0. The van der Waals surface area contributed by atoms with E-state index in [1.54, 1.807) is 11.9 Å². The normalized spacial score (nSPS) is 12.3. The molecule has 0 aromatic heterocycles. The average Bonchev–Trinajstić information content (AvgIpc) is 2.39. The van der Waals surface area contributed by atoms with Crippen LogP contribution >= 0.6 is 0 Å². The van der Waals surface area contributed by atoms with Gasteiger partial charge in [-0.25, -0.2) is 0 Å². The second-order valence-electron chi connectivity index (χ2n) is 5.00. The van der Waals surface area contributed by atoms with Crippen molar-refractivity contribution < 1.29 is 9.53 Å². The lowest BCUT2D eigenvalue weighted by molar-refractivity contribution is -0.132. The summed E-state index contributed by atoms with van der Waals surface area (Å²) in [7, 11) is 1.77. The molecule has 19 heavy (non-hydrogen) atoms. The van der Waals surface area contributed by atoms with Crippen molar-refractivity contribution in [3.8, 4) is 5.75 Å². The molecular weight excluding hydrogens is 240 g/mol. The van der Waals surface area contributed by atoms with Crippen LogP contribution < -0.4 is 10.5 Å². The highest BCUT2D eigenvalue weighted by Crippen LogP contribution is 2.19. The molecule has 1 aromatic carbocycles. The van der Waals surface area contributed by atoms with Gasteiger partial charge < -0.3 is 15.4 Å². The Morgan fingerprint density at radius 3 is 2.58 bits per heavy atom. The number of hydrogen-bond acceptors (Lipinski definition) is 3. The second kappa shape index (κ2) is 7.14. The Balaban J connectivity index is 2.76. The first kappa shape index (κ1) is 15.5. The maximum absolute atomic E-state index is 12.1. The van der Waals surface area contributed by atoms with Gasteiger partial charge in [-0.3, -0.25) is 4.79 Å². The summed E-state index contributed by atoms with van der Waals surface area (Å²) < 4.78 is 5.56. The van der Waals surface area contributed by atoms with E-state index < -0.39 is 6.04 Å². The van der Waals surface area contributed by atoms with Crippen molar-refractivity contribution in [3.05, 3.63) is 29.8 Å². The SMILES string of the molecule is CCOc1ccccc1CN(C)C(=O)C(N)C(C)C. The lowest BCUT2D eigenvalue weighted by Gasteiger charge is -2.24. The Kier molecular flexibility index (Phi) is 5.83. The molecule has 4 heteroatoms. The quantitative estimate of drug-likeness (QED) is 0.855. The van der Waals surface area contributed by atoms with Crippen LogP contribution in [0.4, 0.5) is 0 Å². The molecule has 0 aliphatic carbocycles. The largest absolute Gasteiger partial charge is 0.494 e. The molecule has 0 fully saturated rings. The molecule has 0 saturated heterocycles. The van der Waals surface area contributed by atoms with Crippen LogP contribution in [0.3, 0.4) is 0 Å². The van der Waals surface area contributed by atoms with Crippen molar-refractivity contribution in [2.75, 3.05) is 13.7 Å².